The molecule has 0 amide bonds. The normalized spacial score (nSPS) is 20.1. The summed E-state index contributed by atoms with van der Waals surface area (Å²) >= 11 is 0. The van der Waals surface area contributed by atoms with Crippen molar-refractivity contribution in [2.75, 3.05) is 0 Å². The molecule has 0 aromatic heterocycles. The van der Waals surface area contributed by atoms with Crippen molar-refractivity contribution in [3.8, 4) is 11.8 Å². The molecule has 2 nitrogen and oxygen atoms in total. The SMILES string of the molecule is CC(C)=CCC[C@]1(C)C=Cc2cc(C#N)ccc2O1. The van der Waals surface area contributed by atoms with Crippen LogP contribution in [0.5, 0.6) is 5.75 Å². The van der Waals surface area contributed by atoms with Crippen molar-refractivity contribution in [3.63, 3.8) is 0 Å². The summed E-state index contributed by atoms with van der Waals surface area (Å²) in [6, 6.07) is 7.70. The molecular formula is C17H19NO. The summed E-state index contributed by atoms with van der Waals surface area (Å²) in [5, 5.41) is 8.89. The maximum atomic E-state index is 8.89. The van der Waals surface area contributed by atoms with Gasteiger partial charge in [0.1, 0.15) is 11.4 Å². The molecule has 0 aliphatic carbocycles. The molecule has 0 bridgehead atoms. The zero-order valence-electron chi connectivity index (χ0n) is 11.7. The van der Waals surface area contributed by atoms with E-state index >= 15 is 0 Å². The first-order chi connectivity index (χ1) is 9.02. The molecule has 0 radical (unpaired) electrons. The van der Waals surface area contributed by atoms with Gasteiger partial charge in [0.05, 0.1) is 11.6 Å². The highest BCUT2D eigenvalue weighted by Gasteiger charge is 2.26. The summed E-state index contributed by atoms with van der Waals surface area (Å²) in [5.74, 6) is 0.862. The highest BCUT2D eigenvalue weighted by molar-refractivity contribution is 5.63. The summed E-state index contributed by atoms with van der Waals surface area (Å²) in [4.78, 5) is 0. The number of nitriles is 1. The van der Waals surface area contributed by atoms with Gasteiger partial charge in [-0.15, -0.1) is 0 Å². The molecule has 98 valence electrons. The molecule has 0 spiro atoms. The fourth-order valence-electron chi connectivity index (χ4n) is 2.17. The standard InChI is InChI=1S/C17H19NO/c1-13(2)5-4-9-17(3)10-8-15-11-14(12-18)6-7-16(15)19-17/h5-8,10-11H,4,9H2,1-3H3/t17-/m1/s1. The van der Waals surface area contributed by atoms with Crippen molar-refractivity contribution in [2.45, 2.75) is 39.2 Å². The number of rotatable bonds is 3. The molecule has 1 atom stereocenters. The Morgan fingerprint density at radius 1 is 1.42 bits per heavy atom. The fraction of sp³-hybridized carbons (Fsp3) is 0.353. The van der Waals surface area contributed by atoms with Crippen LogP contribution in [0.15, 0.2) is 35.9 Å². The highest BCUT2D eigenvalue weighted by Crippen LogP contribution is 2.33. The van der Waals surface area contributed by atoms with Gasteiger partial charge in [-0.1, -0.05) is 17.7 Å². The van der Waals surface area contributed by atoms with Crippen LogP contribution >= 0.6 is 0 Å². The molecule has 0 saturated carbocycles. The van der Waals surface area contributed by atoms with Gasteiger partial charge >= 0.3 is 0 Å². The van der Waals surface area contributed by atoms with E-state index in [1.807, 2.05) is 12.1 Å². The minimum atomic E-state index is -0.257. The summed E-state index contributed by atoms with van der Waals surface area (Å²) in [6.07, 6.45) is 8.34. The van der Waals surface area contributed by atoms with E-state index in [1.54, 1.807) is 6.07 Å². The van der Waals surface area contributed by atoms with Gasteiger partial charge < -0.3 is 4.74 Å². The maximum Gasteiger partial charge on any atom is 0.127 e. The molecule has 1 aromatic carbocycles. The topological polar surface area (TPSA) is 33.0 Å². The third-order valence-electron chi connectivity index (χ3n) is 3.29. The van der Waals surface area contributed by atoms with Gasteiger partial charge in [0.25, 0.3) is 0 Å². The third-order valence-corrected chi connectivity index (χ3v) is 3.29. The van der Waals surface area contributed by atoms with Gasteiger partial charge in [-0.3, -0.25) is 0 Å². The fourth-order valence-corrected chi connectivity index (χ4v) is 2.17. The Kier molecular flexibility index (Phi) is 3.76. The van der Waals surface area contributed by atoms with Crippen molar-refractivity contribution in [2.24, 2.45) is 0 Å². The van der Waals surface area contributed by atoms with Crippen molar-refractivity contribution in [3.05, 3.63) is 47.1 Å². The van der Waals surface area contributed by atoms with Crippen LogP contribution in [0, 0.1) is 11.3 Å². The van der Waals surface area contributed by atoms with E-state index < -0.39 is 0 Å². The van der Waals surface area contributed by atoms with Crippen LogP contribution < -0.4 is 4.74 Å². The largest absolute Gasteiger partial charge is 0.483 e. The molecule has 0 N–H and O–H groups in total. The van der Waals surface area contributed by atoms with Gasteiger partial charge in [-0.2, -0.15) is 5.26 Å². The lowest BCUT2D eigenvalue weighted by Crippen LogP contribution is -2.31. The van der Waals surface area contributed by atoms with E-state index in [0.717, 1.165) is 24.2 Å². The molecule has 0 fully saturated rings. The Balaban J connectivity index is 2.14. The van der Waals surface area contributed by atoms with Crippen LogP contribution in [0.2, 0.25) is 0 Å². The van der Waals surface area contributed by atoms with Crippen LogP contribution in [-0.4, -0.2) is 5.60 Å². The van der Waals surface area contributed by atoms with Crippen molar-refractivity contribution < 1.29 is 4.74 Å². The van der Waals surface area contributed by atoms with Gasteiger partial charge in [0.15, 0.2) is 0 Å². The second kappa shape index (κ2) is 5.32. The summed E-state index contributed by atoms with van der Waals surface area (Å²) in [6.45, 7) is 6.32. The van der Waals surface area contributed by atoms with Crippen LogP contribution in [0.1, 0.15) is 44.7 Å². The molecular weight excluding hydrogens is 234 g/mol. The quantitative estimate of drug-likeness (QED) is 0.745. The van der Waals surface area contributed by atoms with Gasteiger partial charge in [-0.25, -0.2) is 0 Å². The van der Waals surface area contributed by atoms with Crippen molar-refractivity contribution in [1.29, 1.82) is 5.26 Å². The molecule has 0 saturated heterocycles. The number of fused-ring (bicyclic) bond motifs is 1. The van der Waals surface area contributed by atoms with E-state index in [-0.39, 0.29) is 5.60 Å². The van der Waals surface area contributed by atoms with Crippen LogP contribution in [0.3, 0.4) is 0 Å². The lowest BCUT2D eigenvalue weighted by Gasteiger charge is -2.31. The minimum absolute atomic E-state index is 0.257. The second-order valence-electron chi connectivity index (χ2n) is 5.43. The van der Waals surface area contributed by atoms with Crippen LogP contribution in [0.4, 0.5) is 0 Å². The first-order valence-electron chi connectivity index (χ1n) is 6.58. The van der Waals surface area contributed by atoms with E-state index in [0.29, 0.717) is 5.56 Å². The Hall–Kier alpha value is -2.01. The predicted molar refractivity (Wildman–Crippen MR) is 77.9 cm³/mol. The van der Waals surface area contributed by atoms with Gasteiger partial charge in [0, 0.05) is 5.56 Å². The summed E-state index contributed by atoms with van der Waals surface area (Å²) in [7, 11) is 0. The van der Waals surface area contributed by atoms with E-state index in [4.69, 9.17) is 10.00 Å². The molecule has 0 unspecified atom stereocenters. The number of nitrogens with zero attached hydrogens (tertiary/aromatic N) is 1. The van der Waals surface area contributed by atoms with Crippen molar-refractivity contribution >= 4 is 6.08 Å². The highest BCUT2D eigenvalue weighted by atomic mass is 16.5. The molecule has 2 rings (SSSR count). The molecule has 1 aliphatic heterocycles. The second-order valence-corrected chi connectivity index (χ2v) is 5.43. The molecule has 1 aliphatic rings. The average Bonchev–Trinajstić information content (AvgIpc) is 2.37. The zero-order chi connectivity index (χ0) is 13.9. The van der Waals surface area contributed by atoms with Crippen LogP contribution in [0.25, 0.3) is 6.08 Å². The monoisotopic (exact) mass is 253 g/mol. The summed E-state index contributed by atoms with van der Waals surface area (Å²) < 4.78 is 6.08. The molecule has 19 heavy (non-hydrogen) atoms. The lowest BCUT2D eigenvalue weighted by atomic mass is 9.94. The minimum Gasteiger partial charge on any atom is -0.483 e. The number of ether oxygens (including phenoxy) is 1. The molecule has 2 heteroatoms. The number of benzene rings is 1. The number of hydrogen-bond acceptors (Lipinski definition) is 2. The molecule has 1 heterocycles. The maximum absolute atomic E-state index is 8.89. The molecule has 1 aromatic rings. The Morgan fingerprint density at radius 2 is 2.21 bits per heavy atom. The van der Waals surface area contributed by atoms with E-state index in [1.165, 1.54) is 5.57 Å². The third kappa shape index (κ3) is 3.26. The Morgan fingerprint density at radius 3 is 2.89 bits per heavy atom. The first-order valence-corrected chi connectivity index (χ1v) is 6.58. The van der Waals surface area contributed by atoms with Gasteiger partial charge in [0.2, 0.25) is 0 Å². The first kappa shape index (κ1) is 13.4. The smallest absolute Gasteiger partial charge is 0.127 e. The van der Waals surface area contributed by atoms with Crippen LogP contribution in [-0.2, 0) is 0 Å². The van der Waals surface area contributed by atoms with Gasteiger partial charge in [-0.05, 0) is 57.9 Å². The average molecular weight is 253 g/mol. The zero-order valence-corrected chi connectivity index (χ0v) is 11.7. The lowest BCUT2D eigenvalue weighted by molar-refractivity contribution is 0.128. The van der Waals surface area contributed by atoms with E-state index in [2.05, 4.69) is 45.1 Å². The predicted octanol–water partition coefficient (Wildman–Crippen LogP) is 4.47. The van der Waals surface area contributed by atoms with Crippen molar-refractivity contribution in [1.82, 2.24) is 0 Å². The summed E-state index contributed by atoms with van der Waals surface area (Å²) in [5.41, 5.74) is 2.73. The number of allylic oxidation sites excluding steroid dienone is 2. The van der Waals surface area contributed by atoms with E-state index in [9.17, 15) is 0 Å². The Labute approximate surface area is 115 Å². The Bertz CT molecular complexity index is 573. The number of hydrogen-bond donors (Lipinski definition) is 0.